The molecular weight excluding hydrogens is 328 g/mol. The van der Waals surface area contributed by atoms with Gasteiger partial charge in [0, 0.05) is 39.3 Å². The van der Waals surface area contributed by atoms with Gasteiger partial charge in [-0.1, -0.05) is 18.2 Å². The molecule has 1 aromatic carbocycles. The van der Waals surface area contributed by atoms with Crippen molar-refractivity contribution in [2.24, 2.45) is 0 Å². The second-order valence-corrected chi connectivity index (χ2v) is 8.33. The molecule has 0 unspecified atom stereocenters. The van der Waals surface area contributed by atoms with Gasteiger partial charge in [0.05, 0.1) is 24.2 Å². The molecule has 2 heterocycles. The van der Waals surface area contributed by atoms with Gasteiger partial charge in [-0.05, 0) is 25.0 Å². The standard InChI is InChI=1S/C17H26N2O4S/c1-14-5-3-4-6-17(14)24(20,21)19-8-7-16-15(13-19)18(9-11-22-2)10-12-23-16/h3-6,15-16H,7-13H2,1-2H3/t15-,16-/m1/s1. The molecule has 2 fully saturated rings. The summed E-state index contributed by atoms with van der Waals surface area (Å²) in [6, 6.07) is 7.27. The Balaban J connectivity index is 1.79. The van der Waals surface area contributed by atoms with Crippen molar-refractivity contribution >= 4 is 10.0 Å². The maximum atomic E-state index is 13.0. The lowest BCUT2D eigenvalue weighted by molar-refractivity contribution is -0.0966. The molecular formula is C17H26N2O4S. The van der Waals surface area contributed by atoms with Crippen LogP contribution in [0.25, 0.3) is 0 Å². The zero-order valence-electron chi connectivity index (χ0n) is 14.3. The van der Waals surface area contributed by atoms with Crippen molar-refractivity contribution in [2.45, 2.75) is 30.4 Å². The van der Waals surface area contributed by atoms with Crippen LogP contribution >= 0.6 is 0 Å². The number of sulfonamides is 1. The van der Waals surface area contributed by atoms with Crippen LogP contribution in [-0.2, 0) is 19.5 Å². The Morgan fingerprint density at radius 2 is 2.08 bits per heavy atom. The lowest BCUT2D eigenvalue weighted by Gasteiger charge is -2.46. The van der Waals surface area contributed by atoms with Crippen molar-refractivity contribution in [3.63, 3.8) is 0 Å². The molecule has 0 aromatic heterocycles. The van der Waals surface area contributed by atoms with E-state index in [4.69, 9.17) is 9.47 Å². The number of hydrogen-bond acceptors (Lipinski definition) is 5. The second-order valence-electron chi connectivity index (χ2n) is 6.42. The summed E-state index contributed by atoms with van der Waals surface area (Å²) in [4.78, 5) is 2.71. The quantitative estimate of drug-likeness (QED) is 0.793. The number of rotatable bonds is 5. The molecule has 2 aliphatic heterocycles. The van der Waals surface area contributed by atoms with Crippen molar-refractivity contribution < 1.29 is 17.9 Å². The van der Waals surface area contributed by atoms with Crippen LogP contribution < -0.4 is 0 Å². The minimum Gasteiger partial charge on any atom is -0.383 e. The van der Waals surface area contributed by atoms with E-state index in [2.05, 4.69) is 4.90 Å². The molecule has 0 N–H and O–H groups in total. The number of piperidine rings is 1. The minimum absolute atomic E-state index is 0.0986. The van der Waals surface area contributed by atoms with Gasteiger partial charge in [0.15, 0.2) is 0 Å². The predicted octanol–water partition coefficient (Wildman–Crippen LogP) is 1.11. The Morgan fingerprint density at radius 1 is 1.29 bits per heavy atom. The van der Waals surface area contributed by atoms with Gasteiger partial charge in [-0.15, -0.1) is 0 Å². The highest BCUT2D eigenvalue weighted by molar-refractivity contribution is 7.89. The van der Waals surface area contributed by atoms with E-state index < -0.39 is 10.0 Å². The fourth-order valence-electron chi connectivity index (χ4n) is 3.60. The number of hydrogen-bond donors (Lipinski definition) is 0. The monoisotopic (exact) mass is 354 g/mol. The molecule has 2 atom stereocenters. The fourth-order valence-corrected chi connectivity index (χ4v) is 5.30. The van der Waals surface area contributed by atoms with E-state index in [-0.39, 0.29) is 12.1 Å². The Hall–Kier alpha value is -0.990. The minimum atomic E-state index is -3.47. The molecule has 3 rings (SSSR count). The molecule has 24 heavy (non-hydrogen) atoms. The molecule has 1 aromatic rings. The largest absolute Gasteiger partial charge is 0.383 e. The second kappa shape index (κ2) is 7.49. The summed E-state index contributed by atoms with van der Waals surface area (Å²) >= 11 is 0. The van der Waals surface area contributed by atoms with Crippen molar-refractivity contribution in [2.75, 3.05) is 46.5 Å². The van der Waals surface area contributed by atoms with Gasteiger partial charge in [0.1, 0.15) is 0 Å². The van der Waals surface area contributed by atoms with E-state index in [1.807, 2.05) is 19.1 Å². The Kier molecular flexibility index (Phi) is 5.56. The summed E-state index contributed by atoms with van der Waals surface area (Å²) in [5.41, 5.74) is 0.788. The first-order chi connectivity index (χ1) is 11.5. The molecule has 0 aliphatic carbocycles. The highest BCUT2D eigenvalue weighted by Gasteiger charge is 2.40. The Bertz CT molecular complexity index is 664. The SMILES string of the molecule is COCCN1CCO[C@@H]2CCN(S(=O)(=O)c3ccccc3C)C[C@H]21. The molecule has 7 heteroatoms. The summed E-state index contributed by atoms with van der Waals surface area (Å²) in [5.74, 6) is 0. The Morgan fingerprint density at radius 3 is 2.83 bits per heavy atom. The third-order valence-electron chi connectivity index (χ3n) is 4.96. The highest BCUT2D eigenvalue weighted by Crippen LogP contribution is 2.28. The van der Waals surface area contributed by atoms with Gasteiger partial charge in [-0.3, -0.25) is 4.90 Å². The maximum Gasteiger partial charge on any atom is 0.243 e. The number of nitrogens with zero attached hydrogens (tertiary/aromatic N) is 2. The van der Waals surface area contributed by atoms with Crippen LogP contribution in [0, 0.1) is 6.92 Å². The normalized spacial score (nSPS) is 26.2. The zero-order chi connectivity index (χ0) is 17.2. The summed E-state index contributed by atoms with van der Waals surface area (Å²) in [5, 5.41) is 0. The molecule has 134 valence electrons. The van der Waals surface area contributed by atoms with Gasteiger partial charge in [-0.2, -0.15) is 4.31 Å². The smallest absolute Gasteiger partial charge is 0.243 e. The average Bonchev–Trinajstić information content (AvgIpc) is 2.59. The van der Waals surface area contributed by atoms with E-state index in [9.17, 15) is 8.42 Å². The van der Waals surface area contributed by atoms with Crippen LogP contribution in [0.3, 0.4) is 0 Å². The summed E-state index contributed by atoms with van der Waals surface area (Å²) in [6.07, 6.45) is 0.845. The lowest BCUT2D eigenvalue weighted by atomic mass is 10.0. The first-order valence-corrected chi connectivity index (χ1v) is 9.88. The van der Waals surface area contributed by atoms with E-state index >= 15 is 0 Å². The third-order valence-corrected chi connectivity index (χ3v) is 6.98. The number of morpholine rings is 1. The van der Waals surface area contributed by atoms with Crippen LogP contribution in [-0.4, -0.2) is 76.3 Å². The van der Waals surface area contributed by atoms with Crippen molar-refractivity contribution in [3.05, 3.63) is 29.8 Å². The fraction of sp³-hybridized carbons (Fsp3) is 0.647. The lowest BCUT2D eigenvalue weighted by Crippen LogP contribution is -2.61. The topological polar surface area (TPSA) is 59.1 Å². The third kappa shape index (κ3) is 3.50. The number of methoxy groups -OCH3 is 1. The van der Waals surface area contributed by atoms with Gasteiger partial charge < -0.3 is 9.47 Å². The number of ether oxygens (including phenoxy) is 2. The molecule has 2 aliphatic rings. The maximum absolute atomic E-state index is 13.0. The van der Waals surface area contributed by atoms with Crippen LogP contribution in [0.1, 0.15) is 12.0 Å². The van der Waals surface area contributed by atoms with Crippen molar-refractivity contribution in [1.82, 2.24) is 9.21 Å². The molecule has 0 amide bonds. The van der Waals surface area contributed by atoms with E-state index in [0.717, 1.165) is 25.1 Å². The van der Waals surface area contributed by atoms with E-state index in [1.165, 1.54) is 0 Å². The van der Waals surface area contributed by atoms with E-state index in [0.29, 0.717) is 31.2 Å². The Labute approximate surface area is 144 Å². The van der Waals surface area contributed by atoms with Gasteiger partial charge in [0.2, 0.25) is 10.0 Å². The van der Waals surface area contributed by atoms with Gasteiger partial charge in [0.25, 0.3) is 0 Å². The molecule has 0 radical (unpaired) electrons. The molecule has 0 saturated carbocycles. The van der Waals surface area contributed by atoms with Crippen molar-refractivity contribution in [3.8, 4) is 0 Å². The van der Waals surface area contributed by atoms with Gasteiger partial charge >= 0.3 is 0 Å². The van der Waals surface area contributed by atoms with Crippen LogP contribution in [0.5, 0.6) is 0 Å². The molecule has 6 nitrogen and oxygen atoms in total. The average molecular weight is 354 g/mol. The predicted molar refractivity (Wildman–Crippen MR) is 91.5 cm³/mol. The highest BCUT2D eigenvalue weighted by atomic mass is 32.2. The number of aryl methyl sites for hydroxylation is 1. The summed E-state index contributed by atoms with van der Waals surface area (Å²) in [6.45, 7) is 5.81. The first-order valence-electron chi connectivity index (χ1n) is 8.44. The first kappa shape index (κ1) is 17.8. The molecule has 0 bridgehead atoms. The summed E-state index contributed by atoms with van der Waals surface area (Å²) in [7, 11) is -1.78. The van der Waals surface area contributed by atoms with Crippen LogP contribution in [0.2, 0.25) is 0 Å². The number of benzene rings is 1. The zero-order valence-corrected chi connectivity index (χ0v) is 15.2. The molecule has 2 saturated heterocycles. The van der Waals surface area contributed by atoms with Crippen molar-refractivity contribution in [1.29, 1.82) is 0 Å². The number of fused-ring (bicyclic) bond motifs is 1. The molecule has 0 spiro atoms. The van der Waals surface area contributed by atoms with Gasteiger partial charge in [-0.25, -0.2) is 8.42 Å². The van der Waals surface area contributed by atoms with Crippen LogP contribution in [0.15, 0.2) is 29.2 Å². The summed E-state index contributed by atoms with van der Waals surface area (Å²) < 4.78 is 38.8. The van der Waals surface area contributed by atoms with Crippen LogP contribution in [0.4, 0.5) is 0 Å². The van der Waals surface area contributed by atoms with E-state index in [1.54, 1.807) is 23.5 Å².